The number of anilines is 1. The predicted octanol–water partition coefficient (Wildman–Crippen LogP) is 1.90. The molecule has 17 heavy (non-hydrogen) atoms. The van der Waals surface area contributed by atoms with E-state index in [9.17, 15) is 0 Å². The van der Waals surface area contributed by atoms with Gasteiger partial charge in [-0.25, -0.2) is 0 Å². The molecule has 1 unspecified atom stereocenters. The normalized spacial score (nSPS) is 24.9. The first-order valence-electron chi connectivity index (χ1n) is 6.53. The number of hydrogen-bond donors (Lipinski definition) is 1. The van der Waals surface area contributed by atoms with E-state index >= 15 is 0 Å². The minimum absolute atomic E-state index is 0.142. The largest absolute Gasteiger partial charge is 0.339 e. The van der Waals surface area contributed by atoms with E-state index in [2.05, 4.69) is 41.1 Å². The van der Waals surface area contributed by atoms with Gasteiger partial charge in [-0.05, 0) is 51.7 Å². The van der Waals surface area contributed by atoms with Crippen molar-refractivity contribution in [3.8, 4) is 0 Å². The molecule has 1 aliphatic rings. The van der Waals surface area contributed by atoms with Gasteiger partial charge in [-0.2, -0.15) is 4.98 Å². The number of nitrogens with one attached hydrogen (secondary N) is 1. The van der Waals surface area contributed by atoms with Crippen molar-refractivity contribution in [2.75, 3.05) is 24.5 Å². The quantitative estimate of drug-likeness (QED) is 0.868. The summed E-state index contributed by atoms with van der Waals surface area (Å²) < 4.78 is 5.43. The highest BCUT2D eigenvalue weighted by Crippen LogP contribution is 2.29. The molecule has 1 fully saturated rings. The van der Waals surface area contributed by atoms with Gasteiger partial charge >= 0.3 is 0 Å². The molecule has 0 aromatic carbocycles. The van der Waals surface area contributed by atoms with Crippen LogP contribution in [0.5, 0.6) is 0 Å². The summed E-state index contributed by atoms with van der Waals surface area (Å²) in [6.45, 7) is 9.17. The summed E-state index contributed by atoms with van der Waals surface area (Å²) in [7, 11) is 0. The maximum atomic E-state index is 5.43. The Balaban J connectivity index is 2.16. The SMILES string of the molecule is CCN(CC)c1noc(C2(C)CCCCN2)n1. The van der Waals surface area contributed by atoms with E-state index in [1.54, 1.807) is 0 Å². The van der Waals surface area contributed by atoms with Gasteiger partial charge in [0.05, 0.1) is 5.54 Å². The summed E-state index contributed by atoms with van der Waals surface area (Å²) in [5, 5.41) is 7.56. The van der Waals surface area contributed by atoms with Crippen LogP contribution in [0.3, 0.4) is 0 Å². The minimum Gasteiger partial charge on any atom is -0.339 e. The maximum absolute atomic E-state index is 5.43. The number of nitrogens with zero attached hydrogens (tertiary/aromatic N) is 3. The van der Waals surface area contributed by atoms with Crippen LogP contribution in [-0.2, 0) is 5.54 Å². The van der Waals surface area contributed by atoms with Gasteiger partial charge in [0.1, 0.15) is 0 Å². The Morgan fingerprint density at radius 2 is 2.12 bits per heavy atom. The molecule has 0 radical (unpaired) electrons. The smallest absolute Gasteiger partial charge is 0.266 e. The number of piperidine rings is 1. The molecule has 0 bridgehead atoms. The Hall–Kier alpha value is -1.10. The first-order chi connectivity index (χ1) is 8.19. The topological polar surface area (TPSA) is 54.2 Å². The van der Waals surface area contributed by atoms with Crippen LogP contribution in [0.2, 0.25) is 0 Å². The lowest BCUT2D eigenvalue weighted by atomic mass is 9.91. The summed E-state index contributed by atoms with van der Waals surface area (Å²) in [5.74, 6) is 1.43. The van der Waals surface area contributed by atoms with Gasteiger partial charge in [-0.1, -0.05) is 0 Å². The summed E-state index contributed by atoms with van der Waals surface area (Å²) >= 11 is 0. The lowest BCUT2D eigenvalue weighted by Gasteiger charge is -2.31. The molecule has 1 aliphatic heterocycles. The van der Waals surface area contributed by atoms with E-state index in [1.807, 2.05) is 0 Å². The van der Waals surface area contributed by atoms with E-state index < -0.39 is 0 Å². The zero-order valence-corrected chi connectivity index (χ0v) is 11.0. The highest BCUT2D eigenvalue weighted by Gasteiger charge is 2.34. The van der Waals surface area contributed by atoms with Crippen LogP contribution in [0, 0.1) is 0 Å². The van der Waals surface area contributed by atoms with Crippen LogP contribution in [0.25, 0.3) is 0 Å². The third kappa shape index (κ3) is 2.44. The molecule has 1 N–H and O–H groups in total. The van der Waals surface area contributed by atoms with Gasteiger partial charge < -0.3 is 14.7 Å². The molecule has 96 valence electrons. The minimum atomic E-state index is -0.142. The summed E-state index contributed by atoms with van der Waals surface area (Å²) in [5.41, 5.74) is -0.142. The third-order valence-electron chi connectivity index (χ3n) is 3.55. The monoisotopic (exact) mass is 238 g/mol. The molecule has 5 heteroatoms. The van der Waals surface area contributed by atoms with E-state index in [-0.39, 0.29) is 5.54 Å². The van der Waals surface area contributed by atoms with Crippen molar-refractivity contribution < 1.29 is 4.52 Å². The van der Waals surface area contributed by atoms with Crippen LogP contribution >= 0.6 is 0 Å². The Labute approximate surface area is 103 Å². The van der Waals surface area contributed by atoms with Crippen molar-refractivity contribution >= 4 is 5.95 Å². The van der Waals surface area contributed by atoms with Crippen molar-refractivity contribution in [2.24, 2.45) is 0 Å². The van der Waals surface area contributed by atoms with Crippen LogP contribution in [0.15, 0.2) is 4.52 Å². The molecule has 0 saturated carbocycles. The Kier molecular flexibility index (Phi) is 3.66. The fraction of sp³-hybridized carbons (Fsp3) is 0.833. The molecule has 2 heterocycles. The standard InChI is InChI=1S/C12H22N4O/c1-4-16(5-2)11-14-10(17-15-11)12(3)8-6-7-9-13-12/h13H,4-9H2,1-3H3. The van der Waals surface area contributed by atoms with Crippen LogP contribution in [0.1, 0.15) is 45.9 Å². The number of hydrogen-bond acceptors (Lipinski definition) is 5. The van der Waals surface area contributed by atoms with Crippen LogP contribution in [-0.4, -0.2) is 29.8 Å². The van der Waals surface area contributed by atoms with E-state index in [0.717, 1.165) is 31.9 Å². The van der Waals surface area contributed by atoms with Crippen molar-refractivity contribution in [3.05, 3.63) is 5.89 Å². The zero-order valence-electron chi connectivity index (χ0n) is 11.0. The van der Waals surface area contributed by atoms with Crippen LogP contribution in [0.4, 0.5) is 5.95 Å². The third-order valence-corrected chi connectivity index (χ3v) is 3.55. The molecule has 0 spiro atoms. The summed E-state index contributed by atoms with van der Waals surface area (Å²) in [4.78, 5) is 6.63. The van der Waals surface area contributed by atoms with Crippen molar-refractivity contribution in [1.29, 1.82) is 0 Å². The van der Waals surface area contributed by atoms with Gasteiger partial charge in [-0.15, -0.1) is 0 Å². The molecule has 1 aromatic rings. The molecule has 2 rings (SSSR count). The van der Waals surface area contributed by atoms with Gasteiger partial charge in [0, 0.05) is 13.1 Å². The first-order valence-corrected chi connectivity index (χ1v) is 6.53. The lowest BCUT2D eigenvalue weighted by molar-refractivity contribution is 0.207. The highest BCUT2D eigenvalue weighted by atomic mass is 16.5. The Morgan fingerprint density at radius 3 is 2.71 bits per heavy atom. The second-order valence-electron chi connectivity index (χ2n) is 4.79. The second kappa shape index (κ2) is 5.04. The molecule has 1 aromatic heterocycles. The lowest BCUT2D eigenvalue weighted by Crippen LogP contribution is -2.43. The fourth-order valence-electron chi connectivity index (χ4n) is 2.31. The number of aromatic nitrogens is 2. The Bertz CT molecular complexity index is 353. The molecule has 0 aliphatic carbocycles. The molecule has 1 atom stereocenters. The Morgan fingerprint density at radius 1 is 1.35 bits per heavy atom. The molecule has 0 amide bonds. The van der Waals surface area contributed by atoms with Crippen molar-refractivity contribution in [3.63, 3.8) is 0 Å². The van der Waals surface area contributed by atoms with Crippen molar-refractivity contribution in [1.82, 2.24) is 15.5 Å². The molecular formula is C12H22N4O. The fourth-order valence-corrected chi connectivity index (χ4v) is 2.31. The van der Waals surface area contributed by atoms with E-state index in [4.69, 9.17) is 4.52 Å². The average molecular weight is 238 g/mol. The molecule has 5 nitrogen and oxygen atoms in total. The van der Waals surface area contributed by atoms with E-state index in [0.29, 0.717) is 5.95 Å². The van der Waals surface area contributed by atoms with Gasteiger partial charge in [0.25, 0.3) is 5.95 Å². The van der Waals surface area contributed by atoms with Crippen LogP contribution < -0.4 is 10.2 Å². The highest BCUT2D eigenvalue weighted by molar-refractivity contribution is 5.27. The maximum Gasteiger partial charge on any atom is 0.266 e. The van der Waals surface area contributed by atoms with Crippen molar-refractivity contribution in [2.45, 2.75) is 45.6 Å². The second-order valence-corrected chi connectivity index (χ2v) is 4.79. The van der Waals surface area contributed by atoms with Gasteiger partial charge in [-0.3, -0.25) is 0 Å². The number of rotatable bonds is 4. The van der Waals surface area contributed by atoms with Gasteiger partial charge in [0.2, 0.25) is 5.89 Å². The predicted molar refractivity (Wildman–Crippen MR) is 67.1 cm³/mol. The average Bonchev–Trinajstić information content (AvgIpc) is 2.82. The molecule has 1 saturated heterocycles. The summed E-state index contributed by atoms with van der Waals surface area (Å²) in [6.07, 6.45) is 3.51. The summed E-state index contributed by atoms with van der Waals surface area (Å²) in [6, 6.07) is 0. The molecular weight excluding hydrogens is 216 g/mol. The zero-order chi connectivity index (χ0) is 12.3. The first kappa shape index (κ1) is 12.4. The van der Waals surface area contributed by atoms with E-state index in [1.165, 1.54) is 12.8 Å². The van der Waals surface area contributed by atoms with Gasteiger partial charge in [0.15, 0.2) is 0 Å².